The molecule has 0 radical (unpaired) electrons. The number of ether oxygens (including phenoxy) is 1. The molecule has 1 fully saturated rings. The Morgan fingerprint density at radius 1 is 1.29 bits per heavy atom. The quantitative estimate of drug-likeness (QED) is 0.882. The maximum Gasteiger partial charge on any atom is 0.417 e. The second kappa shape index (κ2) is 6.88. The highest BCUT2D eigenvalue weighted by Gasteiger charge is 2.54. The number of amides is 2. The standard InChI is InChI=1S/C16H21F3N2O3/c1-11(2)24-13-6-4-3-5-12(13)20-14(22)21-9-7-15(23,8-10-21)16(17,18)19/h3-6,11,23H,7-10H2,1-2H3,(H,20,22). The average molecular weight is 346 g/mol. The van der Waals surface area contributed by atoms with E-state index in [1.807, 2.05) is 13.8 Å². The predicted octanol–water partition coefficient (Wildman–Crippen LogP) is 3.39. The third-order valence-electron chi connectivity index (χ3n) is 3.90. The molecule has 0 atom stereocenters. The number of aliphatic hydroxyl groups is 1. The molecule has 24 heavy (non-hydrogen) atoms. The number of hydrogen-bond donors (Lipinski definition) is 2. The van der Waals surface area contributed by atoms with Gasteiger partial charge in [-0.1, -0.05) is 12.1 Å². The normalized spacial score (nSPS) is 17.7. The van der Waals surface area contributed by atoms with Crippen molar-refractivity contribution in [1.82, 2.24) is 4.90 Å². The van der Waals surface area contributed by atoms with Gasteiger partial charge in [-0.05, 0) is 26.0 Å². The molecule has 0 unspecified atom stereocenters. The lowest BCUT2D eigenvalue weighted by atomic mass is 9.91. The number of likely N-dealkylation sites (tertiary alicyclic amines) is 1. The summed E-state index contributed by atoms with van der Waals surface area (Å²) in [5, 5.41) is 12.3. The van der Waals surface area contributed by atoms with E-state index in [0.717, 1.165) is 0 Å². The number of urea groups is 1. The number of hydrogen-bond acceptors (Lipinski definition) is 3. The first-order valence-corrected chi connectivity index (χ1v) is 7.73. The van der Waals surface area contributed by atoms with Crippen molar-refractivity contribution in [2.75, 3.05) is 18.4 Å². The lowest BCUT2D eigenvalue weighted by Gasteiger charge is -2.39. The Bertz CT molecular complexity index is 582. The van der Waals surface area contributed by atoms with Crippen LogP contribution in [0.25, 0.3) is 0 Å². The van der Waals surface area contributed by atoms with Crippen LogP contribution in [0.5, 0.6) is 5.75 Å². The zero-order valence-electron chi connectivity index (χ0n) is 13.6. The summed E-state index contributed by atoms with van der Waals surface area (Å²) in [6.45, 7) is 3.35. The minimum absolute atomic E-state index is 0.0835. The van der Waals surface area contributed by atoms with Gasteiger partial charge >= 0.3 is 12.2 Å². The summed E-state index contributed by atoms with van der Waals surface area (Å²) < 4.78 is 44.0. The SMILES string of the molecule is CC(C)Oc1ccccc1NC(=O)N1CCC(O)(C(F)(F)F)CC1. The zero-order chi connectivity index (χ0) is 18.0. The molecule has 5 nitrogen and oxygen atoms in total. The highest BCUT2D eigenvalue weighted by atomic mass is 19.4. The summed E-state index contributed by atoms with van der Waals surface area (Å²) in [7, 11) is 0. The topological polar surface area (TPSA) is 61.8 Å². The first-order chi connectivity index (χ1) is 11.1. The molecule has 0 bridgehead atoms. The number of piperidine rings is 1. The monoisotopic (exact) mass is 346 g/mol. The summed E-state index contributed by atoms with van der Waals surface area (Å²) in [5.74, 6) is 0.490. The number of rotatable bonds is 3. The molecule has 1 aliphatic heterocycles. The molecule has 0 spiro atoms. The van der Waals surface area contributed by atoms with Crippen molar-refractivity contribution < 1.29 is 27.8 Å². The van der Waals surface area contributed by atoms with Crippen molar-refractivity contribution >= 4 is 11.7 Å². The molecule has 1 aliphatic rings. The third kappa shape index (κ3) is 4.11. The van der Waals surface area contributed by atoms with Crippen molar-refractivity contribution in [3.63, 3.8) is 0 Å². The van der Waals surface area contributed by atoms with E-state index in [9.17, 15) is 23.1 Å². The molecule has 2 N–H and O–H groups in total. The molecule has 2 rings (SSSR count). The predicted molar refractivity (Wildman–Crippen MR) is 83.0 cm³/mol. The van der Waals surface area contributed by atoms with Crippen LogP contribution in [0, 0.1) is 0 Å². The molecule has 1 saturated heterocycles. The van der Waals surface area contributed by atoms with Crippen LogP contribution in [0.2, 0.25) is 0 Å². The maximum atomic E-state index is 12.8. The number of nitrogens with one attached hydrogen (secondary N) is 1. The van der Waals surface area contributed by atoms with Gasteiger partial charge in [-0.2, -0.15) is 13.2 Å². The molecular formula is C16H21F3N2O3. The van der Waals surface area contributed by atoms with Gasteiger partial charge in [-0.3, -0.25) is 0 Å². The van der Waals surface area contributed by atoms with E-state index in [4.69, 9.17) is 4.74 Å². The number of alkyl halides is 3. The summed E-state index contributed by atoms with van der Waals surface area (Å²) in [5.41, 5.74) is -2.27. The zero-order valence-corrected chi connectivity index (χ0v) is 13.6. The van der Waals surface area contributed by atoms with E-state index in [1.54, 1.807) is 24.3 Å². The second-order valence-electron chi connectivity index (χ2n) is 6.11. The fourth-order valence-electron chi connectivity index (χ4n) is 2.48. The van der Waals surface area contributed by atoms with Crippen molar-refractivity contribution in [2.45, 2.75) is 44.6 Å². The molecule has 1 heterocycles. The highest BCUT2D eigenvalue weighted by Crippen LogP contribution is 2.38. The van der Waals surface area contributed by atoms with Gasteiger partial charge in [0.1, 0.15) is 5.75 Å². The minimum atomic E-state index is -4.69. The summed E-state index contributed by atoms with van der Waals surface area (Å²) >= 11 is 0. The van der Waals surface area contributed by atoms with Crippen LogP contribution in [0.15, 0.2) is 24.3 Å². The summed E-state index contributed by atoms with van der Waals surface area (Å²) in [6, 6.07) is 6.33. The Morgan fingerprint density at radius 3 is 2.42 bits per heavy atom. The lowest BCUT2D eigenvalue weighted by Crippen LogP contribution is -2.55. The van der Waals surface area contributed by atoms with E-state index in [2.05, 4.69) is 5.32 Å². The molecule has 134 valence electrons. The van der Waals surface area contributed by atoms with Gasteiger partial charge in [0.15, 0.2) is 5.60 Å². The van der Waals surface area contributed by atoms with Crippen LogP contribution >= 0.6 is 0 Å². The molecule has 8 heteroatoms. The average Bonchev–Trinajstić information content (AvgIpc) is 2.48. The fourth-order valence-corrected chi connectivity index (χ4v) is 2.48. The lowest BCUT2D eigenvalue weighted by molar-refractivity contribution is -0.271. The number of para-hydroxylation sites is 2. The summed E-state index contributed by atoms with van der Waals surface area (Å²) in [6.07, 6.45) is -5.84. The second-order valence-corrected chi connectivity index (χ2v) is 6.11. The van der Waals surface area contributed by atoms with Gasteiger partial charge in [0.2, 0.25) is 0 Å². The van der Waals surface area contributed by atoms with Gasteiger partial charge < -0.3 is 20.1 Å². The Balaban J connectivity index is 2.00. The van der Waals surface area contributed by atoms with E-state index >= 15 is 0 Å². The largest absolute Gasteiger partial charge is 0.489 e. The molecule has 1 aromatic carbocycles. The number of benzene rings is 1. The molecular weight excluding hydrogens is 325 g/mol. The van der Waals surface area contributed by atoms with Crippen LogP contribution in [0.3, 0.4) is 0 Å². The number of halogens is 3. The maximum absolute atomic E-state index is 12.8. The Morgan fingerprint density at radius 2 is 1.88 bits per heavy atom. The van der Waals surface area contributed by atoms with Gasteiger partial charge in [0.05, 0.1) is 11.8 Å². The van der Waals surface area contributed by atoms with Crippen LogP contribution < -0.4 is 10.1 Å². The first kappa shape index (κ1) is 18.4. The van der Waals surface area contributed by atoms with Crippen molar-refractivity contribution in [3.05, 3.63) is 24.3 Å². The Labute approximate surface area is 138 Å². The highest BCUT2D eigenvalue weighted by molar-refractivity contribution is 5.91. The van der Waals surface area contributed by atoms with E-state index in [-0.39, 0.29) is 19.2 Å². The number of nitrogens with zero attached hydrogens (tertiary/aromatic N) is 1. The molecule has 0 aromatic heterocycles. The fraction of sp³-hybridized carbons (Fsp3) is 0.562. The molecule has 1 aromatic rings. The van der Waals surface area contributed by atoms with Gasteiger partial charge in [0.25, 0.3) is 0 Å². The number of carbonyl (C=O) groups excluding carboxylic acids is 1. The Hall–Kier alpha value is -1.96. The molecule has 0 aliphatic carbocycles. The molecule has 0 saturated carbocycles. The van der Waals surface area contributed by atoms with Gasteiger partial charge in [0, 0.05) is 25.9 Å². The van der Waals surface area contributed by atoms with Crippen molar-refractivity contribution in [2.24, 2.45) is 0 Å². The van der Waals surface area contributed by atoms with E-state index in [0.29, 0.717) is 11.4 Å². The van der Waals surface area contributed by atoms with Gasteiger partial charge in [-0.25, -0.2) is 4.79 Å². The van der Waals surface area contributed by atoms with E-state index < -0.39 is 30.7 Å². The van der Waals surface area contributed by atoms with Gasteiger partial charge in [-0.15, -0.1) is 0 Å². The number of anilines is 1. The van der Waals surface area contributed by atoms with Crippen LogP contribution in [0.1, 0.15) is 26.7 Å². The Kier molecular flexibility index (Phi) is 5.27. The van der Waals surface area contributed by atoms with Crippen LogP contribution in [-0.2, 0) is 0 Å². The summed E-state index contributed by atoms with van der Waals surface area (Å²) in [4.78, 5) is 13.5. The smallest absolute Gasteiger partial charge is 0.417 e. The van der Waals surface area contributed by atoms with Crippen molar-refractivity contribution in [3.8, 4) is 5.75 Å². The minimum Gasteiger partial charge on any atom is -0.489 e. The third-order valence-corrected chi connectivity index (χ3v) is 3.90. The van der Waals surface area contributed by atoms with Crippen LogP contribution in [0.4, 0.5) is 23.7 Å². The first-order valence-electron chi connectivity index (χ1n) is 7.73. The van der Waals surface area contributed by atoms with Crippen molar-refractivity contribution in [1.29, 1.82) is 0 Å². The molecule has 2 amide bonds. The van der Waals surface area contributed by atoms with Crippen LogP contribution in [-0.4, -0.2) is 47.0 Å². The number of carbonyl (C=O) groups is 1. The van der Waals surface area contributed by atoms with E-state index in [1.165, 1.54) is 4.90 Å².